The van der Waals surface area contributed by atoms with E-state index in [2.05, 4.69) is 96.4 Å². The molecule has 0 aliphatic rings. The fourth-order valence-corrected chi connectivity index (χ4v) is 7.78. The molecular formula is C37H27N3O2S2. The average Bonchev–Trinajstić information content (AvgIpc) is 3.82. The van der Waals surface area contributed by atoms with Crippen LogP contribution in [0.1, 0.15) is 30.2 Å². The second-order valence-electron chi connectivity index (χ2n) is 10.7. The van der Waals surface area contributed by atoms with Gasteiger partial charge in [0.2, 0.25) is 0 Å². The minimum absolute atomic E-state index is 0.279. The number of carboxylic acid groups (broad SMARTS) is 1. The number of carboxylic acids is 1. The van der Waals surface area contributed by atoms with Crippen LogP contribution in [0.2, 0.25) is 0 Å². The molecular weight excluding hydrogens is 583 g/mol. The van der Waals surface area contributed by atoms with Crippen LogP contribution in [-0.2, 0) is 11.2 Å². The number of nitriles is 1. The molecule has 0 bridgehead atoms. The number of imidazole rings is 1. The van der Waals surface area contributed by atoms with Crippen molar-refractivity contribution in [1.29, 1.82) is 5.26 Å². The van der Waals surface area contributed by atoms with Gasteiger partial charge in [-0.15, -0.1) is 22.7 Å². The normalized spacial score (nSPS) is 11.9. The van der Waals surface area contributed by atoms with Crippen LogP contribution < -0.4 is 0 Å². The lowest BCUT2D eigenvalue weighted by Gasteiger charge is -2.12. The van der Waals surface area contributed by atoms with E-state index in [-0.39, 0.29) is 5.57 Å². The lowest BCUT2D eigenvalue weighted by Crippen LogP contribution is -1.98. The summed E-state index contributed by atoms with van der Waals surface area (Å²) in [7, 11) is 0. The monoisotopic (exact) mass is 609 g/mol. The van der Waals surface area contributed by atoms with Gasteiger partial charge in [-0.25, -0.2) is 9.78 Å². The molecule has 7 rings (SSSR count). The first-order valence-corrected chi connectivity index (χ1v) is 16.2. The van der Waals surface area contributed by atoms with Crippen LogP contribution in [0.3, 0.4) is 0 Å². The molecule has 44 heavy (non-hydrogen) atoms. The van der Waals surface area contributed by atoms with E-state index in [0.29, 0.717) is 0 Å². The molecule has 0 atom stereocenters. The van der Waals surface area contributed by atoms with Crippen LogP contribution in [-0.4, -0.2) is 20.6 Å². The minimum Gasteiger partial charge on any atom is -0.477 e. The van der Waals surface area contributed by atoms with E-state index in [1.807, 2.05) is 12.1 Å². The van der Waals surface area contributed by atoms with Crippen molar-refractivity contribution in [3.05, 3.63) is 113 Å². The average molecular weight is 610 g/mol. The Morgan fingerprint density at radius 2 is 1.48 bits per heavy atom. The first-order chi connectivity index (χ1) is 21.6. The molecule has 0 spiro atoms. The Morgan fingerprint density at radius 3 is 2.18 bits per heavy atom. The Hall–Kier alpha value is -5.03. The number of hydrogen-bond donors (Lipinski definition) is 1. The molecule has 3 aromatic heterocycles. The van der Waals surface area contributed by atoms with Gasteiger partial charge in [-0.1, -0.05) is 74.0 Å². The first kappa shape index (κ1) is 27.8. The number of aryl methyl sites for hydroxylation is 1. The molecule has 7 aromatic rings. The van der Waals surface area contributed by atoms with Crippen LogP contribution in [0.15, 0.2) is 103 Å². The summed E-state index contributed by atoms with van der Waals surface area (Å²) in [5.74, 6) is -0.341. The lowest BCUT2D eigenvalue weighted by molar-refractivity contribution is -0.132. The Balaban J connectivity index is 1.43. The van der Waals surface area contributed by atoms with Gasteiger partial charge in [0.05, 0.1) is 15.9 Å². The zero-order valence-electron chi connectivity index (χ0n) is 23.9. The fraction of sp³-hybridized carbons (Fsp3) is 0.108. The largest absolute Gasteiger partial charge is 0.477 e. The van der Waals surface area contributed by atoms with Crippen molar-refractivity contribution in [1.82, 2.24) is 9.55 Å². The highest BCUT2D eigenvalue weighted by molar-refractivity contribution is 7.24. The van der Waals surface area contributed by atoms with Gasteiger partial charge in [0.1, 0.15) is 11.6 Å². The van der Waals surface area contributed by atoms with Crippen LogP contribution in [0.25, 0.3) is 64.8 Å². The number of thiophene rings is 2. The SMILES string of the molecule is CCCCc1ccc(-n2c(-c3ccc(-c4ccc(/C=C(/C#N)C(=O)O)s4)s3)nc3c4ccccc4c4ccccc4c32)cc1. The zero-order valence-corrected chi connectivity index (χ0v) is 25.6. The molecule has 0 amide bonds. The maximum absolute atomic E-state index is 11.3. The minimum atomic E-state index is -1.22. The number of aliphatic carboxylic acids is 1. The van der Waals surface area contributed by atoms with E-state index in [9.17, 15) is 15.2 Å². The van der Waals surface area contributed by atoms with E-state index in [0.717, 1.165) is 59.2 Å². The molecule has 5 nitrogen and oxygen atoms in total. The summed E-state index contributed by atoms with van der Waals surface area (Å²) in [6.07, 6.45) is 4.82. The van der Waals surface area contributed by atoms with E-state index >= 15 is 0 Å². The summed E-state index contributed by atoms with van der Waals surface area (Å²) in [5.41, 5.74) is 4.19. The molecule has 0 unspecified atom stereocenters. The van der Waals surface area contributed by atoms with Crippen molar-refractivity contribution >= 4 is 67.3 Å². The lowest BCUT2D eigenvalue weighted by atomic mass is 10.00. The summed E-state index contributed by atoms with van der Waals surface area (Å²) in [6, 6.07) is 35.7. The van der Waals surface area contributed by atoms with E-state index in [1.165, 1.54) is 46.6 Å². The van der Waals surface area contributed by atoms with Crippen molar-refractivity contribution < 1.29 is 9.90 Å². The molecule has 0 aliphatic heterocycles. The smallest absolute Gasteiger partial charge is 0.346 e. The third-order valence-electron chi connectivity index (χ3n) is 7.88. The topological polar surface area (TPSA) is 78.9 Å². The molecule has 0 fully saturated rings. The van der Waals surface area contributed by atoms with E-state index in [1.54, 1.807) is 17.4 Å². The van der Waals surface area contributed by atoms with Gasteiger partial charge >= 0.3 is 5.97 Å². The third kappa shape index (κ3) is 4.88. The number of rotatable bonds is 8. The second-order valence-corrected chi connectivity index (χ2v) is 12.9. The number of unbranched alkanes of at least 4 members (excludes halogenated alkanes) is 1. The number of fused-ring (bicyclic) bond motifs is 6. The zero-order chi connectivity index (χ0) is 30.2. The number of carbonyl (C=O) groups is 1. The highest BCUT2D eigenvalue weighted by Crippen LogP contribution is 2.43. The quantitative estimate of drug-likeness (QED) is 0.106. The van der Waals surface area contributed by atoms with Crippen molar-refractivity contribution in [3.8, 4) is 32.2 Å². The highest BCUT2D eigenvalue weighted by atomic mass is 32.1. The number of aromatic nitrogens is 2. The number of hydrogen-bond acceptors (Lipinski definition) is 5. The summed E-state index contributed by atoms with van der Waals surface area (Å²) in [4.78, 5) is 20.5. The number of benzene rings is 4. The predicted octanol–water partition coefficient (Wildman–Crippen LogP) is 10.1. The van der Waals surface area contributed by atoms with Crippen molar-refractivity contribution in [2.45, 2.75) is 26.2 Å². The summed E-state index contributed by atoms with van der Waals surface area (Å²) in [6.45, 7) is 2.22. The molecule has 4 aromatic carbocycles. The standard InChI is InChI=1S/C37H27N3O2S2/c1-2-3-8-23-13-15-25(16-14-23)40-35-30-12-7-5-10-28(30)27-9-4-6-11-29(27)34(35)39-36(40)33-20-19-32(44-33)31-18-17-26(43-31)21-24(22-38)37(41)42/h4-7,9-21H,2-3,8H2,1H3,(H,41,42)/b24-21-. The third-order valence-corrected chi connectivity index (χ3v) is 10.2. The molecule has 3 heterocycles. The Labute approximate surface area is 262 Å². The second kappa shape index (κ2) is 11.6. The highest BCUT2D eigenvalue weighted by Gasteiger charge is 2.21. The van der Waals surface area contributed by atoms with E-state index < -0.39 is 5.97 Å². The molecule has 7 heteroatoms. The Morgan fingerprint density at radius 1 is 0.841 bits per heavy atom. The molecule has 214 valence electrons. The van der Waals surface area contributed by atoms with Crippen molar-refractivity contribution in [2.75, 3.05) is 0 Å². The summed E-state index contributed by atoms with van der Waals surface area (Å²) >= 11 is 3.12. The van der Waals surface area contributed by atoms with Gasteiger partial charge in [-0.2, -0.15) is 5.26 Å². The summed E-state index contributed by atoms with van der Waals surface area (Å²) in [5, 5.41) is 23.1. The van der Waals surface area contributed by atoms with Crippen LogP contribution in [0.4, 0.5) is 0 Å². The maximum Gasteiger partial charge on any atom is 0.346 e. The Bertz CT molecular complexity index is 2260. The summed E-state index contributed by atoms with van der Waals surface area (Å²) < 4.78 is 2.30. The molecule has 0 saturated carbocycles. The van der Waals surface area contributed by atoms with Crippen LogP contribution in [0, 0.1) is 11.3 Å². The maximum atomic E-state index is 11.3. The van der Waals surface area contributed by atoms with Gasteiger partial charge in [-0.05, 0) is 71.7 Å². The molecule has 0 saturated heterocycles. The van der Waals surface area contributed by atoms with E-state index in [4.69, 9.17) is 4.98 Å². The van der Waals surface area contributed by atoms with Crippen LogP contribution in [0.5, 0.6) is 0 Å². The van der Waals surface area contributed by atoms with Gasteiger partial charge in [0.25, 0.3) is 0 Å². The van der Waals surface area contributed by atoms with Crippen molar-refractivity contribution in [3.63, 3.8) is 0 Å². The molecule has 1 N–H and O–H groups in total. The van der Waals surface area contributed by atoms with Gasteiger partial charge < -0.3 is 5.11 Å². The number of nitrogens with zero attached hydrogens (tertiary/aromatic N) is 3. The predicted molar refractivity (Wildman–Crippen MR) is 183 cm³/mol. The first-order valence-electron chi connectivity index (χ1n) is 14.5. The molecule has 0 aliphatic carbocycles. The van der Waals surface area contributed by atoms with Crippen molar-refractivity contribution in [2.24, 2.45) is 0 Å². The fourth-order valence-electron chi connectivity index (χ4n) is 5.75. The molecule has 0 radical (unpaired) electrons. The van der Waals surface area contributed by atoms with Gasteiger partial charge in [-0.3, -0.25) is 4.57 Å². The van der Waals surface area contributed by atoms with Gasteiger partial charge in [0, 0.05) is 31.1 Å². The Kier molecular flexibility index (Phi) is 7.31. The van der Waals surface area contributed by atoms with Gasteiger partial charge in [0.15, 0.2) is 5.82 Å². The van der Waals surface area contributed by atoms with Crippen LogP contribution >= 0.6 is 22.7 Å².